The standard InChI is InChI=1S/C21H16F2O3/c1-25-21-16(12-24)8-10-19(26-13-14-5-3-2-4-6-14)20(21)15-7-9-17(22)18(23)11-15/h2-12H,13H2,1H3. The lowest BCUT2D eigenvalue weighted by molar-refractivity contribution is 0.112. The molecule has 0 fully saturated rings. The van der Waals surface area contributed by atoms with E-state index in [1.807, 2.05) is 30.3 Å². The van der Waals surface area contributed by atoms with Gasteiger partial charge in [0.05, 0.1) is 18.2 Å². The van der Waals surface area contributed by atoms with Crippen molar-refractivity contribution in [2.75, 3.05) is 7.11 Å². The van der Waals surface area contributed by atoms with Crippen LogP contribution >= 0.6 is 0 Å². The summed E-state index contributed by atoms with van der Waals surface area (Å²) in [7, 11) is 1.41. The third-order valence-electron chi connectivity index (χ3n) is 3.93. The van der Waals surface area contributed by atoms with Crippen molar-refractivity contribution in [3.8, 4) is 22.6 Å². The van der Waals surface area contributed by atoms with Crippen LogP contribution in [0.3, 0.4) is 0 Å². The van der Waals surface area contributed by atoms with Crippen LogP contribution in [0.5, 0.6) is 11.5 Å². The van der Waals surface area contributed by atoms with Crippen LogP contribution < -0.4 is 9.47 Å². The second kappa shape index (κ2) is 7.78. The van der Waals surface area contributed by atoms with E-state index in [-0.39, 0.29) is 12.4 Å². The zero-order chi connectivity index (χ0) is 18.5. The average Bonchev–Trinajstić information content (AvgIpc) is 2.68. The van der Waals surface area contributed by atoms with E-state index in [1.165, 1.54) is 13.2 Å². The summed E-state index contributed by atoms with van der Waals surface area (Å²) in [6.07, 6.45) is 0.642. The predicted molar refractivity (Wildman–Crippen MR) is 94.5 cm³/mol. The van der Waals surface area contributed by atoms with Crippen LogP contribution in [0.15, 0.2) is 60.7 Å². The highest BCUT2D eigenvalue weighted by molar-refractivity contribution is 5.89. The minimum Gasteiger partial charge on any atom is -0.495 e. The molecule has 0 N–H and O–H groups in total. The molecule has 0 aliphatic heterocycles. The summed E-state index contributed by atoms with van der Waals surface area (Å²) in [5.41, 5.74) is 1.99. The normalized spacial score (nSPS) is 10.4. The predicted octanol–water partition coefficient (Wildman–Crippen LogP) is 5.03. The van der Waals surface area contributed by atoms with E-state index in [4.69, 9.17) is 9.47 Å². The molecule has 0 saturated carbocycles. The Morgan fingerprint density at radius 1 is 0.962 bits per heavy atom. The van der Waals surface area contributed by atoms with Gasteiger partial charge in [0, 0.05) is 0 Å². The first-order valence-corrected chi connectivity index (χ1v) is 7.92. The van der Waals surface area contributed by atoms with Crippen LogP contribution in [-0.2, 0) is 6.61 Å². The molecular formula is C21H16F2O3. The van der Waals surface area contributed by atoms with Gasteiger partial charge in [-0.1, -0.05) is 36.4 Å². The van der Waals surface area contributed by atoms with Crippen LogP contribution in [0.1, 0.15) is 15.9 Å². The molecule has 0 bridgehead atoms. The van der Waals surface area contributed by atoms with Gasteiger partial charge in [0.1, 0.15) is 18.1 Å². The Hall–Kier alpha value is -3.21. The number of halogens is 2. The zero-order valence-electron chi connectivity index (χ0n) is 14.0. The summed E-state index contributed by atoms with van der Waals surface area (Å²) in [4.78, 5) is 11.3. The van der Waals surface area contributed by atoms with Crippen LogP contribution in [0.25, 0.3) is 11.1 Å². The van der Waals surface area contributed by atoms with Gasteiger partial charge in [0.2, 0.25) is 0 Å². The van der Waals surface area contributed by atoms with Crippen molar-refractivity contribution >= 4 is 6.29 Å². The molecule has 0 atom stereocenters. The van der Waals surface area contributed by atoms with E-state index in [0.29, 0.717) is 28.7 Å². The minimum absolute atomic E-state index is 0.247. The molecule has 3 aromatic carbocycles. The maximum absolute atomic E-state index is 13.7. The van der Waals surface area contributed by atoms with Gasteiger partial charge < -0.3 is 9.47 Å². The Morgan fingerprint density at radius 3 is 2.38 bits per heavy atom. The molecule has 0 aromatic heterocycles. The summed E-state index contributed by atoms with van der Waals surface area (Å²) in [5, 5.41) is 0. The number of hydrogen-bond donors (Lipinski definition) is 0. The van der Waals surface area contributed by atoms with E-state index in [1.54, 1.807) is 12.1 Å². The van der Waals surface area contributed by atoms with Crippen molar-refractivity contribution in [2.45, 2.75) is 6.61 Å². The molecule has 0 saturated heterocycles. The molecule has 132 valence electrons. The Bertz CT molecular complexity index is 924. The fourth-order valence-electron chi connectivity index (χ4n) is 2.67. The molecule has 3 aromatic rings. The highest BCUT2D eigenvalue weighted by Crippen LogP contribution is 2.41. The Kier molecular flexibility index (Phi) is 5.27. The highest BCUT2D eigenvalue weighted by atomic mass is 19.2. The van der Waals surface area contributed by atoms with E-state index in [2.05, 4.69) is 0 Å². The van der Waals surface area contributed by atoms with Crippen LogP contribution in [-0.4, -0.2) is 13.4 Å². The quantitative estimate of drug-likeness (QED) is 0.582. The van der Waals surface area contributed by atoms with Gasteiger partial charge in [0.25, 0.3) is 0 Å². The molecule has 5 heteroatoms. The summed E-state index contributed by atoms with van der Waals surface area (Å²) >= 11 is 0. The summed E-state index contributed by atoms with van der Waals surface area (Å²) in [6.45, 7) is 0.279. The largest absolute Gasteiger partial charge is 0.495 e. The lowest BCUT2D eigenvalue weighted by Crippen LogP contribution is -2.01. The molecule has 0 unspecified atom stereocenters. The monoisotopic (exact) mass is 354 g/mol. The minimum atomic E-state index is -0.991. The zero-order valence-corrected chi connectivity index (χ0v) is 14.0. The second-order valence-electron chi connectivity index (χ2n) is 5.58. The van der Waals surface area contributed by atoms with Crippen molar-refractivity contribution < 1.29 is 23.0 Å². The number of benzene rings is 3. The topological polar surface area (TPSA) is 35.5 Å². The molecule has 0 heterocycles. The third kappa shape index (κ3) is 3.57. The fraction of sp³-hybridized carbons (Fsp3) is 0.0952. The van der Waals surface area contributed by atoms with E-state index >= 15 is 0 Å². The van der Waals surface area contributed by atoms with E-state index in [9.17, 15) is 13.6 Å². The van der Waals surface area contributed by atoms with Crippen LogP contribution in [0.4, 0.5) is 8.78 Å². The van der Waals surface area contributed by atoms with Crippen LogP contribution in [0, 0.1) is 11.6 Å². The van der Waals surface area contributed by atoms with Crippen molar-refractivity contribution in [3.05, 3.63) is 83.4 Å². The van der Waals surface area contributed by atoms with E-state index in [0.717, 1.165) is 17.7 Å². The summed E-state index contributed by atoms with van der Waals surface area (Å²) < 4.78 is 38.3. The molecule has 3 nitrogen and oxygen atoms in total. The first-order valence-electron chi connectivity index (χ1n) is 7.92. The maximum Gasteiger partial charge on any atom is 0.159 e. The van der Waals surface area contributed by atoms with Gasteiger partial charge in [-0.25, -0.2) is 8.78 Å². The number of carbonyl (C=O) groups excluding carboxylic acids is 1. The summed E-state index contributed by atoms with van der Waals surface area (Å²) in [5.74, 6) is -1.29. The fourth-order valence-corrected chi connectivity index (χ4v) is 2.67. The number of aldehydes is 1. The van der Waals surface area contributed by atoms with Crippen molar-refractivity contribution in [2.24, 2.45) is 0 Å². The van der Waals surface area contributed by atoms with Crippen LogP contribution in [0.2, 0.25) is 0 Å². The average molecular weight is 354 g/mol. The van der Waals surface area contributed by atoms with Crippen molar-refractivity contribution in [1.82, 2.24) is 0 Å². The number of methoxy groups -OCH3 is 1. The Labute approximate surface area is 149 Å². The van der Waals surface area contributed by atoms with Gasteiger partial charge in [0.15, 0.2) is 17.9 Å². The van der Waals surface area contributed by atoms with Gasteiger partial charge in [-0.2, -0.15) is 0 Å². The number of rotatable bonds is 6. The molecule has 0 radical (unpaired) electrons. The lowest BCUT2D eigenvalue weighted by Gasteiger charge is -2.17. The third-order valence-corrected chi connectivity index (χ3v) is 3.93. The number of carbonyl (C=O) groups is 1. The molecule has 3 rings (SSSR count). The molecule has 0 aliphatic carbocycles. The maximum atomic E-state index is 13.7. The van der Waals surface area contributed by atoms with Gasteiger partial charge in [-0.05, 0) is 35.4 Å². The summed E-state index contributed by atoms with van der Waals surface area (Å²) in [6, 6.07) is 16.2. The SMILES string of the molecule is COc1c(C=O)ccc(OCc2ccccc2)c1-c1ccc(F)c(F)c1. The first-order chi connectivity index (χ1) is 12.6. The molecular weight excluding hydrogens is 338 g/mol. The van der Waals surface area contributed by atoms with Gasteiger partial charge >= 0.3 is 0 Å². The molecule has 0 aliphatic rings. The number of hydrogen-bond acceptors (Lipinski definition) is 3. The smallest absolute Gasteiger partial charge is 0.159 e. The molecule has 26 heavy (non-hydrogen) atoms. The van der Waals surface area contributed by atoms with Crippen molar-refractivity contribution in [3.63, 3.8) is 0 Å². The highest BCUT2D eigenvalue weighted by Gasteiger charge is 2.18. The molecule has 0 amide bonds. The molecule has 0 spiro atoms. The number of ether oxygens (including phenoxy) is 2. The lowest BCUT2D eigenvalue weighted by atomic mass is 10.00. The van der Waals surface area contributed by atoms with Gasteiger partial charge in [-0.15, -0.1) is 0 Å². The van der Waals surface area contributed by atoms with E-state index < -0.39 is 11.6 Å². The first kappa shape index (κ1) is 17.6. The Balaban J connectivity index is 2.08. The second-order valence-corrected chi connectivity index (χ2v) is 5.58. The van der Waals surface area contributed by atoms with Crippen molar-refractivity contribution in [1.29, 1.82) is 0 Å². The van der Waals surface area contributed by atoms with Gasteiger partial charge in [-0.3, -0.25) is 4.79 Å². The Morgan fingerprint density at radius 2 is 1.73 bits per heavy atom.